The number of carbonyl (C=O) groups excluding carboxylic acids is 5. The number of cyclic esters (lactones) is 1. The molecule has 0 aliphatic carbocycles. The molecule has 0 unspecified atom stereocenters. The number of carbonyl (C=O) groups is 5. The SMILES string of the molecule is CC(C)CC(=O)SNCCCCC(=O)N(C[C@H]1CN(c2ccc(N3CCOCC3=O)cc2)C(=O)O1)C(=O)c1ccc(Cl)s1.Cl. The highest BCUT2D eigenvalue weighted by atomic mass is 35.5. The fourth-order valence-electron chi connectivity index (χ4n) is 4.61. The van der Waals surface area contributed by atoms with Crippen molar-refractivity contribution in [3.63, 3.8) is 0 Å². The number of benzene rings is 1. The second kappa shape index (κ2) is 17.1. The third-order valence-corrected chi connectivity index (χ3v) is 8.69. The molecule has 3 heterocycles. The minimum atomic E-state index is -0.735. The molecule has 2 fully saturated rings. The second-order valence-corrected chi connectivity index (χ2v) is 13.2. The van der Waals surface area contributed by atoms with Gasteiger partial charge in [0.25, 0.3) is 11.8 Å². The van der Waals surface area contributed by atoms with E-state index in [9.17, 15) is 24.0 Å². The van der Waals surface area contributed by atoms with Crippen LogP contribution in [-0.4, -0.2) is 79.3 Å². The fraction of sp³-hybridized carbons (Fsp3) is 0.483. The molecule has 2 aliphatic heterocycles. The molecule has 2 aliphatic rings. The molecule has 0 spiro atoms. The van der Waals surface area contributed by atoms with Crippen LogP contribution < -0.4 is 14.5 Å². The summed E-state index contributed by atoms with van der Waals surface area (Å²) in [6, 6.07) is 10.1. The summed E-state index contributed by atoms with van der Waals surface area (Å²) in [5.74, 6) is -0.718. The van der Waals surface area contributed by atoms with E-state index in [0.717, 1.165) is 28.2 Å². The van der Waals surface area contributed by atoms with Crippen LogP contribution in [-0.2, 0) is 23.9 Å². The van der Waals surface area contributed by atoms with Gasteiger partial charge in [-0.1, -0.05) is 25.4 Å². The lowest BCUT2D eigenvalue weighted by Gasteiger charge is -2.27. The number of hydrogen-bond acceptors (Lipinski definition) is 10. The first kappa shape index (κ1) is 35.8. The number of thiophene rings is 1. The van der Waals surface area contributed by atoms with Crippen LogP contribution in [0.5, 0.6) is 0 Å². The van der Waals surface area contributed by atoms with Crippen molar-refractivity contribution in [3.8, 4) is 0 Å². The molecule has 1 atom stereocenters. The van der Waals surface area contributed by atoms with Crippen LogP contribution in [0.15, 0.2) is 36.4 Å². The summed E-state index contributed by atoms with van der Waals surface area (Å²) in [6.45, 7) is 5.49. The predicted molar refractivity (Wildman–Crippen MR) is 174 cm³/mol. The van der Waals surface area contributed by atoms with Crippen molar-refractivity contribution < 1.29 is 33.4 Å². The lowest BCUT2D eigenvalue weighted by molar-refractivity contribution is -0.129. The molecule has 0 bridgehead atoms. The van der Waals surface area contributed by atoms with Gasteiger partial charge in [0.1, 0.15) is 12.7 Å². The summed E-state index contributed by atoms with van der Waals surface area (Å²) >= 11 is 8.19. The molecule has 44 heavy (non-hydrogen) atoms. The molecule has 2 aromatic rings. The zero-order chi connectivity index (χ0) is 30.9. The molecule has 1 aromatic heterocycles. The van der Waals surface area contributed by atoms with E-state index in [-0.39, 0.29) is 55.5 Å². The minimum Gasteiger partial charge on any atom is -0.442 e. The number of nitrogens with zero attached hydrogens (tertiary/aromatic N) is 3. The van der Waals surface area contributed by atoms with E-state index >= 15 is 0 Å². The number of ether oxygens (including phenoxy) is 2. The molecule has 1 aromatic carbocycles. The third-order valence-electron chi connectivity index (χ3n) is 6.73. The zero-order valence-corrected chi connectivity index (χ0v) is 27.7. The Morgan fingerprint density at radius 2 is 1.80 bits per heavy atom. The summed E-state index contributed by atoms with van der Waals surface area (Å²) in [7, 11) is 0. The van der Waals surface area contributed by atoms with Crippen molar-refractivity contribution >= 4 is 87.6 Å². The molecule has 11 nitrogen and oxygen atoms in total. The molecule has 0 saturated carbocycles. The number of hydrogen-bond donors (Lipinski definition) is 1. The monoisotopic (exact) mass is 686 g/mol. The Kier molecular flexibility index (Phi) is 13.9. The van der Waals surface area contributed by atoms with Crippen LogP contribution in [0.3, 0.4) is 0 Å². The van der Waals surface area contributed by atoms with E-state index in [0.29, 0.717) is 65.5 Å². The number of amides is 4. The van der Waals surface area contributed by atoms with Gasteiger partial charge in [-0.3, -0.25) is 33.7 Å². The third kappa shape index (κ3) is 9.91. The topological polar surface area (TPSA) is 126 Å². The minimum absolute atomic E-state index is 0. The molecule has 2 saturated heterocycles. The Balaban J connectivity index is 0.00000529. The van der Waals surface area contributed by atoms with Gasteiger partial charge >= 0.3 is 6.09 Å². The second-order valence-electron chi connectivity index (χ2n) is 10.6. The fourth-order valence-corrected chi connectivity index (χ4v) is 6.43. The highest BCUT2D eigenvalue weighted by Gasteiger charge is 2.36. The first-order valence-corrected chi connectivity index (χ1v) is 16.1. The molecular formula is C29H36Cl2N4O7S2. The van der Waals surface area contributed by atoms with Crippen molar-refractivity contribution in [2.45, 2.75) is 45.6 Å². The average molecular weight is 688 g/mol. The Morgan fingerprint density at radius 1 is 1.09 bits per heavy atom. The van der Waals surface area contributed by atoms with Crippen LogP contribution in [0.2, 0.25) is 4.34 Å². The highest BCUT2D eigenvalue weighted by Crippen LogP contribution is 2.27. The molecule has 4 amide bonds. The van der Waals surface area contributed by atoms with Crippen LogP contribution in [0, 0.1) is 5.92 Å². The molecular weight excluding hydrogens is 651 g/mol. The van der Waals surface area contributed by atoms with E-state index < -0.39 is 18.1 Å². The van der Waals surface area contributed by atoms with E-state index in [1.807, 2.05) is 13.8 Å². The van der Waals surface area contributed by atoms with Crippen molar-refractivity contribution in [2.24, 2.45) is 5.92 Å². The smallest absolute Gasteiger partial charge is 0.414 e. The first-order valence-electron chi connectivity index (χ1n) is 14.1. The summed E-state index contributed by atoms with van der Waals surface area (Å²) < 4.78 is 14.2. The van der Waals surface area contributed by atoms with E-state index in [2.05, 4.69) is 4.72 Å². The Bertz CT molecular complexity index is 1330. The lowest BCUT2D eigenvalue weighted by atomic mass is 10.2. The van der Waals surface area contributed by atoms with E-state index in [1.165, 1.54) is 4.90 Å². The number of rotatable bonds is 13. The molecule has 4 rings (SSSR count). The largest absolute Gasteiger partial charge is 0.442 e. The molecule has 1 N–H and O–H groups in total. The highest BCUT2D eigenvalue weighted by molar-refractivity contribution is 8.11. The van der Waals surface area contributed by atoms with Crippen molar-refractivity contribution in [2.75, 3.05) is 49.2 Å². The maximum Gasteiger partial charge on any atom is 0.414 e. The summed E-state index contributed by atoms with van der Waals surface area (Å²) in [4.78, 5) is 67.9. The molecule has 0 radical (unpaired) electrons. The lowest BCUT2D eigenvalue weighted by Crippen LogP contribution is -2.43. The van der Waals surface area contributed by atoms with Crippen LogP contribution in [0.1, 0.15) is 49.2 Å². The van der Waals surface area contributed by atoms with Gasteiger partial charge < -0.3 is 14.4 Å². The number of unbranched alkanes of at least 4 members (excludes halogenated alkanes) is 1. The van der Waals surface area contributed by atoms with Gasteiger partial charge in [0, 0.05) is 37.3 Å². The zero-order valence-electron chi connectivity index (χ0n) is 24.5. The number of anilines is 2. The summed E-state index contributed by atoms with van der Waals surface area (Å²) in [5, 5.41) is 0.0701. The summed E-state index contributed by atoms with van der Waals surface area (Å²) in [5.41, 5.74) is 1.28. The molecule has 240 valence electrons. The van der Waals surface area contributed by atoms with Gasteiger partial charge in [-0.2, -0.15) is 0 Å². The standard InChI is InChI=1S/C29H35ClN4O7S2.ClH/c1-19(2)15-27(37)43-31-12-4-3-5-25(35)34(28(38)23-10-11-24(30)42-23)17-22-16-33(29(39)41-22)21-8-6-20(7-9-21)32-13-14-40-18-26(32)36;/h6-11,19,22,31H,3-5,12-18H2,1-2H3;1H/t22-;/m1./s1. The number of nitrogens with one attached hydrogen (secondary N) is 1. The van der Waals surface area contributed by atoms with Crippen LogP contribution >= 0.6 is 47.3 Å². The van der Waals surface area contributed by atoms with Gasteiger partial charge in [-0.05, 0) is 67.1 Å². The predicted octanol–water partition coefficient (Wildman–Crippen LogP) is 5.16. The quantitative estimate of drug-likeness (QED) is 0.225. The Morgan fingerprint density at radius 3 is 2.43 bits per heavy atom. The maximum atomic E-state index is 13.3. The molecule has 15 heteroatoms. The van der Waals surface area contributed by atoms with Crippen LogP contribution in [0.4, 0.5) is 16.2 Å². The normalized spacial score (nSPS) is 16.6. The van der Waals surface area contributed by atoms with E-state index in [4.69, 9.17) is 21.1 Å². The number of imide groups is 1. The van der Waals surface area contributed by atoms with Crippen molar-refractivity contribution in [1.82, 2.24) is 9.62 Å². The van der Waals surface area contributed by atoms with Crippen molar-refractivity contribution in [3.05, 3.63) is 45.6 Å². The maximum absolute atomic E-state index is 13.3. The van der Waals surface area contributed by atoms with Gasteiger partial charge in [0.2, 0.25) is 11.0 Å². The van der Waals surface area contributed by atoms with E-state index in [1.54, 1.807) is 41.3 Å². The van der Waals surface area contributed by atoms with Gasteiger partial charge in [0.15, 0.2) is 0 Å². The van der Waals surface area contributed by atoms with Gasteiger partial charge in [0.05, 0.1) is 28.9 Å². The number of morpholine rings is 1. The van der Waals surface area contributed by atoms with Crippen LogP contribution in [0.25, 0.3) is 0 Å². The Hall–Kier alpha value is -2.68. The summed E-state index contributed by atoms with van der Waals surface area (Å²) in [6.07, 6.45) is 0.427. The first-order chi connectivity index (χ1) is 20.6. The van der Waals surface area contributed by atoms with Gasteiger partial charge in [-0.25, -0.2) is 4.79 Å². The Labute approximate surface area is 276 Å². The number of halogens is 2. The van der Waals surface area contributed by atoms with Gasteiger partial charge in [-0.15, -0.1) is 23.7 Å². The van der Waals surface area contributed by atoms with Crippen molar-refractivity contribution in [1.29, 1.82) is 0 Å². The average Bonchev–Trinajstić information content (AvgIpc) is 3.58.